The van der Waals surface area contributed by atoms with Crippen molar-refractivity contribution >= 4 is 6.21 Å². The summed E-state index contributed by atoms with van der Waals surface area (Å²) >= 11 is 0. The van der Waals surface area contributed by atoms with Gasteiger partial charge in [0, 0.05) is 13.2 Å². The van der Waals surface area contributed by atoms with Crippen LogP contribution in [0.25, 0.3) is 0 Å². The molecule has 0 bridgehead atoms. The normalized spacial score (nSPS) is 9.25. The van der Waals surface area contributed by atoms with Gasteiger partial charge in [0.1, 0.15) is 11.4 Å². The molecule has 3 heteroatoms. The van der Waals surface area contributed by atoms with Crippen molar-refractivity contribution in [3.8, 4) is 5.75 Å². The fourth-order valence-electron chi connectivity index (χ4n) is 0.631. The van der Waals surface area contributed by atoms with Crippen LogP contribution >= 0.6 is 0 Å². The Morgan fingerprint density at radius 1 is 1.50 bits per heavy atom. The van der Waals surface area contributed by atoms with Crippen molar-refractivity contribution < 1.29 is 5.11 Å². The topological polar surface area (TPSA) is 45.5 Å². The molecule has 0 radical (unpaired) electrons. The predicted octanol–water partition coefficient (Wildman–Crippen LogP) is 1.86. The quantitative estimate of drug-likeness (QED) is 0.647. The van der Waals surface area contributed by atoms with E-state index in [4.69, 9.17) is 5.11 Å². The first-order valence-electron chi connectivity index (χ1n) is 3.90. The molecule has 1 N–H and O–H groups in total. The molecule has 0 saturated carbocycles. The molecule has 66 valence electrons. The van der Waals surface area contributed by atoms with Crippen molar-refractivity contribution in [2.75, 3.05) is 7.05 Å². The van der Waals surface area contributed by atoms with Crippen LogP contribution in [0.2, 0.25) is 0 Å². The predicted molar refractivity (Wildman–Crippen MR) is 50.8 cm³/mol. The Balaban J connectivity index is 0.000000561. The van der Waals surface area contributed by atoms with E-state index in [1.54, 1.807) is 25.4 Å². The van der Waals surface area contributed by atoms with Gasteiger partial charge < -0.3 is 5.11 Å². The third-order valence-electron chi connectivity index (χ3n) is 1.07. The van der Waals surface area contributed by atoms with E-state index in [1.165, 1.54) is 6.21 Å². The molecule has 0 unspecified atom stereocenters. The zero-order valence-electron chi connectivity index (χ0n) is 7.65. The average molecular weight is 166 g/mol. The van der Waals surface area contributed by atoms with Gasteiger partial charge >= 0.3 is 0 Å². The van der Waals surface area contributed by atoms with E-state index in [2.05, 4.69) is 9.98 Å². The van der Waals surface area contributed by atoms with E-state index in [0.717, 1.165) is 0 Å². The van der Waals surface area contributed by atoms with Crippen molar-refractivity contribution in [2.45, 2.75) is 13.8 Å². The van der Waals surface area contributed by atoms with E-state index in [1.807, 2.05) is 13.8 Å². The number of rotatable bonds is 1. The van der Waals surface area contributed by atoms with E-state index in [0.29, 0.717) is 5.69 Å². The maximum atomic E-state index is 9.09. The fraction of sp³-hybridized carbons (Fsp3) is 0.333. The Kier molecular flexibility index (Phi) is 5.61. The minimum Gasteiger partial charge on any atom is -0.506 e. The summed E-state index contributed by atoms with van der Waals surface area (Å²) in [6.45, 7) is 4.00. The third-order valence-corrected chi connectivity index (χ3v) is 1.07. The maximum absolute atomic E-state index is 9.09. The maximum Gasteiger partial charge on any atom is 0.142 e. The lowest BCUT2D eigenvalue weighted by Gasteiger charge is -1.93. The second kappa shape index (κ2) is 6.34. The van der Waals surface area contributed by atoms with Gasteiger partial charge in [0.15, 0.2) is 0 Å². The summed E-state index contributed by atoms with van der Waals surface area (Å²) in [7, 11) is 1.63. The van der Waals surface area contributed by atoms with E-state index < -0.39 is 0 Å². The van der Waals surface area contributed by atoms with Gasteiger partial charge in [0.05, 0.1) is 6.21 Å². The first-order valence-corrected chi connectivity index (χ1v) is 3.90. The van der Waals surface area contributed by atoms with Crippen LogP contribution in [0.5, 0.6) is 5.75 Å². The van der Waals surface area contributed by atoms with Crippen LogP contribution in [-0.4, -0.2) is 23.4 Å². The highest BCUT2D eigenvalue weighted by Gasteiger charge is 1.93. The van der Waals surface area contributed by atoms with Gasteiger partial charge in [-0.3, -0.25) is 9.98 Å². The molecule has 1 heterocycles. The summed E-state index contributed by atoms with van der Waals surface area (Å²) < 4.78 is 0. The molecule has 0 fully saturated rings. The summed E-state index contributed by atoms with van der Waals surface area (Å²) in [6, 6.07) is 3.24. The molecule has 3 nitrogen and oxygen atoms in total. The summed E-state index contributed by atoms with van der Waals surface area (Å²) in [6.07, 6.45) is 3.12. The Labute approximate surface area is 72.8 Å². The molecule has 1 aromatic rings. The number of nitrogens with zero attached hydrogens (tertiary/aromatic N) is 2. The number of aliphatic imine (C=N–C) groups is 1. The second-order valence-electron chi connectivity index (χ2n) is 1.80. The standard InChI is InChI=1S/C7H8N2O.C2H6/c1-8-5-6-7(10)3-2-4-9-6;1-2/h2-5,10H,1H3;1-2H3. The highest BCUT2D eigenvalue weighted by atomic mass is 16.3. The lowest BCUT2D eigenvalue weighted by Crippen LogP contribution is -1.85. The molecule has 0 atom stereocenters. The fourth-order valence-corrected chi connectivity index (χ4v) is 0.631. The molecule has 0 aliphatic carbocycles. The minimum absolute atomic E-state index is 0.160. The van der Waals surface area contributed by atoms with Crippen LogP contribution < -0.4 is 0 Å². The van der Waals surface area contributed by atoms with E-state index in [9.17, 15) is 0 Å². The first kappa shape index (κ1) is 10.6. The van der Waals surface area contributed by atoms with Crippen molar-refractivity contribution in [2.24, 2.45) is 4.99 Å². The van der Waals surface area contributed by atoms with Crippen LogP contribution in [0.15, 0.2) is 23.3 Å². The van der Waals surface area contributed by atoms with Crippen LogP contribution in [0.3, 0.4) is 0 Å². The van der Waals surface area contributed by atoms with Crippen molar-refractivity contribution in [3.63, 3.8) is 0 Å². The monoisotopic (exact) mass is 166 g/mol. The zero-order chi connectivity index (χ0) is 9.40. The molecule has 0 amide bonds. The van der Waals surface area contributed by atoms with E-state index in [-0.39, 0.29) is 5.75 Å². The van der Waals surface area contributed by atoms with Gasteiger partial charge in [0.25, 0.3) is 0 Å². The molecular weight excluding hydrogens is 152 g/mol. The molecule has 0 saturated heterocycles. The van der Waals surface area contributed by atoms with E-state index >= 15 is 0 Å². The van der Waals surface area contributed by atoms with Gasteiger partial charge in [-0.05, 0) is 12.1 Å². The Morgan fingerprint density at radius 2 is 2.17 bits per heavy atom. The molecular formula is C9H14N2O. The van der Waals surface area contributed by atoms with Gasteiger partial charge in [0.2, 0.25) is 0 Å². The highest BCUT2D eigenvalue weighted by molar-refractivity contribution is 5.80. The SMILES string of the molecule is CC.CN=Cc1ncccc1O. The summed E-state index contributed by atoms with van der Waals surface area (Å²) in [5.41, 5.74) is 0.505. The molecule has 0 aliphatic rings. The van der Waals surface area contributed by atoms with Crippen LogP contribution in [0, 0.1) is 0 Å². The molecule has 0 spiro atoms. The van der Waals surface area contributed by atoms with Crippen molar-refractivity contribution in [1.82, 2.24) is 4.98 Å². The molecule has 1 rings (SSSR count). The van der Waals surface area contributed by atoms with Crippen LogP contribution in [0.1, 0.15) is 19.5 Å². The van der Waals surface area contributed by atoms with Gasteiger partial charge in [-0.25, -0.2) is 0 Å². The lowest BCUT2D eigenvalue weighted by molar-refractivity contribution is 0.471. The Bertz CT molecular complexity index is 246. The summed E-state index contributed by atoms with van der Waals surface area (Å²) in [5.74, 6) is 0.160. The first-order chi connectivity index (χ1) is 5.84. The largest absolute Gasteiger partial charge is 0.506 e. The molecule has 12 heavy (non-hydrogen) atoms. The van der Waals surface area contributed by atoms with Gasteiger partial charge in [-0.15, -0.1) is 0 Å². The highest BCUT2D eigenvalue weighted by Crippen LogP contribution is 2.08. The number of aromatic nitrogens is 1. The zero-order valence-corrected chi connectivity index (χ0v) is 7.65. The number of aromatic hydroxyl groups is 1. The minimum atomic E-state index is 0.160. The lowest BCUT2D eigenvalue weighted by atomic mass is 10.3. The Morgan fingerprint density at radius 3 is 2.67 bits per heavy atom. The third kappa shape index (κ3) is 3.14. The summed E-state index contributed by atoms with van der Waals surface area (Å²) in [5, 5.41) is 9.09. The van der Waals surface area contributed by atoms with Crippen LogP contribution in [-0.2, 0) is 0 Å². The molecule has 0 aliphatic heterocycles. The smallest absolute Gasteiger partial charge is 0.142 e. The van der Waals surface area contributed by atoms with Gasteiger partial charge in [-0.1, -0.05) is 13.8 Å². The average Bonchev–Trinajstić information content (AvgIpc) is 2.13. The Hall–Kier alpha value is -1.38. The summed E-state index contributed by atoms with van der Waals surface area (Å²) in [4.78, 5) is 7.59. The van der Waals surface area contributed by atoms with Crippen molar-refractivity contribution in [1.29, 1.82) is 0 Å². The van der Waals surface area contributed by atoms with Gasteiger partial charge in [-0.2, -0.15) is 0 Å². The van der Waals surface area contributed by atoms with Crippen molar-refractivity contribution in [3.05, 3.63) is 24.0 Å². The molecule has 1 aromatic heterocycles. The number of hydrogen-bond donors (Lipinski definition) is 1. The molecule has 0 aromatic carbocycles. The number of hydrogen-bond acceptors (Lipinski definition) is 3. The van der Waals surface area contributed by atoms with Crippen LogP contribution in [0.4, 0.5) is 0 Å². The number of pyridine rings is 1. The second-order valence-corrected chi connectivity index (χ2v) is 1.80.